The summed E-state index contributed by atoms with van der Waals surface area (Å²) < 4.78 is 10.6. The number of ether oxygens (including phenoxy) is 2. The summed E-state index contributed by atoms with van der Waals surface area (Å²) in [7, 11) is 1.58. The molecule has 2 N–H and O–H groups in total. The van der Waals surface area contributed by atoms with E-state index in [1.807, 2.05) is 20.8 Å². The maximum absolute atomic E-state index is 11.7. The van der Waals surface area contributed by atoms with E-state index in [0.717, 1.165) is 6.42 Å². The molecule has 102 valence electrons. The van der Waals surface area contributed by atoms with Crippen LogP contribution < -0.4 is 5.73 Å². The molecule has 0 aromatic carbocycles. The van der Waals surface area contributed by atoms with Crippen molar-refractivity contribution in [1.29, 1.82) is 0 Å². The molecule has 4 heteroatoms. The van der Waals surface area contributed by atoms with Gasteiger partial charge in [0.2, 0.25) is 0 Å². The number of hydrogen-bond acceptors (Lipinski definition) is 4. The first-order valence-electron chi connectivity index (χ1n) is 6.21. The van der Waals surface area contributed by atoms with Crippen molar-refractivity contribution in [3.63, 3.8) is 0 Å². The second-order valence-corrected chi connectivity index (χ2v) is 5.53. The number of methoxy groups -OCH3 is 1. The number of carbonyl (C=O) groups excluding carboxylic acids is 1. The third kappa shape index (κ3) is 6.64. The summed E-state index contributed by atoms with van der Waals surface area (Å²) in [5, 5.41) is 0. The standard InChI is InChI=1S/C13H27NO3/c1-7-9(2)12(14)10(16-6)8-11(15)17-13(3,4)5/h9-10,12H,7-8,14H2,1-6H3/t9-,10-,12-/m0/s1. The quantitative estimate of drug-likeness (QED) is 0.728. The van der Waals surface area contributed by atoms with Gasteiger partial charge in [0.15, 0.2) is 0 Å². The number of hydrogen-bond donors (Lipinski definition) is 1. The molecule has 0 aliphatic heterocycles. The van der Waals surface area contributed by atoms with Crippen molar-refractivity contribution in [2.24, 2.45) is 11.7 Å². The van der Waals surface area contributed by atoms with Gasteiger partial charge in [-0.15, -0.1) is 0 Å². The minimum Gasteiger partial charge on any atom is -0.460 e. The zero-order valence-electron chi connectivity index (χ0n) is 11.9. The fourth-order valence-electron chi connectivity index (χ4n) is 1.56. The van der Waals surface area contributed by atoms with Gasteiger partial charge in [-0.2, -0.15) is 0 Å². The van der Waals surface area contributed by atoms with Crippen LogP contribution in [0.5, 0.6) is 0 Å². The topological polar surface area (TPSA) is 61.6 Å². The molecule has 0 amide bonds. The second-order valence-electron chi connectivity index (χ2n) is 5.53. The second kappa shape index (κ2) is 6.97. The summed E-state index contributed by atoms with van der Waals surface area (Å²) in [6.07, 6.45) is 0.897. The molecule has 0 aromatic rings. The molecule has 0 heterocycles. The maximum Gasteiger partial charge on any atom is 0.309 e. The van der Waals surface area contributed by atoms with E-state index in [-0.39, 0.29) is 24.5 Å². The van der Waals surface area contributed by atoms with Crippen molar-refractivity contribution < 1.29 is 14.3 Å². The largest absolute Gasteiger partial charge is 0.460 e. The van der Waals surface area contributed by atoms with Crippen LogP contribution in [-0.2, 0) is 14.3 Å². The van der Waals surface area contributed by atoms with Crippen molar-refractivity contribution in [3.05, 3.63) is 0 Å². The van der Waals surface area contributed by atoms with Crippen LogP contribution in [0.3, 0.4) is 0 Å². The fourth-order valence-corrected chi connectivity index (χ4v) is 1.56. The molecule has 0 bridgehead atoms. The maximum atomic E-state index is 11.7. The first kappa shape index (κ1) is 16.4. The summed E-state index contributed by atoms with van der Waals surface area (Å²) >= 11 is 0. The molecule has 0 radical (unpaired) electrons. The Hall–Kier alpha value is -0.610. The summed E-state index contributed by atoms with van der Waals surface area (Å²) in [4.78, 5) is 11.7. The Morgan fingerprint density at radius 3 is 2.24 bits per heavy atom. The number of esters is 1. The Labute approximate surface area is 105 Å². The molecule has 0 aliphatic carbocycles. The Morgan fingerprint density at radius 2 is 1.88 bits per heavy atom. The van der Waals surface area contributed by atoms with E-state index < -0.39 is 5.60 Å². The van der Waals surface area contributed by atoms with Crippen LogP contribution in [0.2, 0.25) is 0 Å². The molecule has 0 aromatic heterocycles. The monoisotopic (exact) mass is 245 g/mol. The van der Waals surface area contributed by atoms with E-state index in [2.05, 4.69) is 13.8 Å². The fraction of sp³-hybridized carbons (Fsp3) is 0.923. The predicted octanol–water partition coefficient (Wildman–Crippen LogP) is 2.11. The summed E-state index contributed by atoms with van der Waals surface area (Å²) in [6, 6.07) is -0.141. The van der Waals surface area contributed by atoms with Crippen molar-refractivity contribution >= 4 is 5.97 Å². The van der Waals surface area contributed by atoms with Gasteiger partial charge in [0.25, 0.3) is 0 Å². The molecular weight excluding hydrogens is 218 g/mol. The minimum atomic E-state index is -0.462. The lowest BCUT2D eigenvalue weighted by Gasteiger charge is -2.28. The van der Waals surface area contributed by atoms with Crippen LogP contribution in [0.1, 0.15) is 47.5 Å². The van der Waals surface area contributed by atoms with Gasteiger partial charge in [-0.05, 0) is 26.7 Å². The zero-order chi connectivity index (χ0) is 13.6. The molecule has 0 fully saturated rings. The molecule has 0 saturated heterocycles. The van der Waals surface area contributed by atoms with E-state index in [9.17, 15) is 4.79 Å². The molecule has 0 spiro atoms. The average Bonchev–Trinajstić information content (AvgIpc) is 2.21. The Bertz CT molecular complexity index is 235. The van der Waals surface area contributed by atoms with E-state index in [1.165, 1.54) is 0 Å². The molecule has 4 nitrogen and oxygen atoms in total. The Kier molecular flexibility index (Phi) is 6.72. The Morgan fingerprint density at radius 1 is 1.35 bits per heavy atom. The highest BCUT2D eigenvalue weighted by Gasteiger charge is 2.27. The highest BCUT2D eigenvalue weighted by atomic mass is 16.6. The minimum absolute atomic E-state index is 0.141. The molecule has 0 aliphatic rings. The van der Waals surface area contributed by atoms with Crippen molar-refractivity contribution in [2.75, 3.05) is 7.11 Å². The van der Waals surface area contributed by atoms with Gasteiger partial charge in [-0.3, -0.25) is 4.79 Å². The smallest absolute Gasteiger partial charge is 0.309 e. The summed E-state index contributed by atoms with van der Waals surface area (Å²) in [5.74, 6) is 0.0606. The van der Waals surface area contributed by atoms with E-state index in [1.54, 1.807) is 7.11 Å². The average molecular weight is 245 g/mol. The SMILES string of the molecule is CC[C@H](C)[C@H](N)[C@H](CC(=O)OC(C)(C)C)OC. The zero-order valence-corrected chi connectivity index (χ0v) is 11.9. The van der Waals surface area contributed by atoms with Gasteiger partial charge < -0.3 is 15.2 Å². The van der Waals surface area contributed by atoms with Crippen LogP contribution in [0, 0.1) is 5.92 Å². The third-order valence-corrected chi connectivity index (χ3v) is 2.82. The Balaban J connectivity index is 4.35. The highest BCUT2D eigenvalue weighted by molar-refractivity contribution is 5.70. The van der Waals surface area contributed by atoms with E-state index in [0.29, 0.717) is 5.92 Å². The summed E-state index contributed by atoms with van der Waals surface area (Å²) in [5.41, 5.74) is 5.60. The number of carbonyl (C=O) groups is 1. The summed E-state index contributed by atoms with van der Waals surface area (Å²) in [6.45, 7) is 9.68. The van der Waals surface area contributed by atoms with E-state index >= 15 is 0 Å². The van der Waals surface area contributed by atoms with Gasteiger partial charge in [-0.25, -0.2) is 0 Å². The van der Waals surface area contributed by atoms with Gasteiger partial charge in [0, 0.05) is 13.2 Å². The molecule has 17 heavy (non-hydrogen) atoms. The van der Waals surface area contributed by atoms with Crippen LogP contribution >= 0.6 is 0 Å². The van der Waals surface area contributed by atoms with Gasteiger partial charge in [-0.1, -0.05) is 20.3 Å². The van der Waals surface area contributed by atoms with Gasteiger partial charge in [0.1, 0.15) is 5.60 Å². The molecule has 0 unspecified atom stereocenters. The molecule has 0 saturated carbocycles. The molecule has 3 atom stereocenters. The lowest BCUT2D eigenvalue weighted by atomic mass is 9.93. The van der Waals surface area contributed by atoms with Crippen molar-refractivity contribution in [3.8, 4) is 0 Å². The first-order valence-corrected chi connectivity index (χ1v) is 6.21. The van der Waals surface area contributed by atoms with Crippen LogP contribution in [0.25, 0.3) is 0 Å². The lowest BCUT2D eigenvalue weighted by molar-refractivity contribution is -0.158. The van der Waals surface area contributed by atoms with Crippen LogP contribution in [0.15, 0.2) is 0 Å². The molecule has 0 rings (SSSR count). The van der Waals surface area contributed by atoms with Gasteiger partial charge in [0.05, 0.1) is 12.5 Å². The third-order valence-electron chi connectivity index (χ3n) is 2.82. The highest BCUT2D eigenvalue weighted by Crippen LogP contribution is 2.16. The lowest BCUT2D eigenvalue weighted by Crippen LogP contribution is -2.43. The normalized spacial score (nSPS) is 17.4. The van der Waals surface area contributed by atoms with E-state index in [4.69, 9.17) is 15.2 Å². The van der Waals surface area contributed by atoms with Gasteiger partial charge >= 0.3 is 5.97 Å². The number of rotatable bonds is 6. The van der Waals surface area contributed by atoms with Crippen LogP contribution in [-0.4, -0.2) is 30.8 Å². The number of nitrogens with two attached hydrogens (primary N) is 1. The molecular formula is C13H27NO3. The first-order chi connectivity index (χ1) is 7.71. The van der Waals surface area contributed by atoms with Crippen molar-refractivity contribution in [1.82, 2.24) is 0 Å². The van der Waals surface area contributed by atoms with Crippen molar-refractivity contribution in [2.45, 2.75) is 65.2 Å². The predicted molar refractivity (Wildman–Crippen MR) is 68.7 cm³/mol. The van der Waals surface area contributed by atoms with Crippen LogP contribution in [0.4, 0.5) is 0 Å².